The zero-order chi connectivity index (χ0) is 16.6. The molecule has 4 fully saturated rings. The lowest BCUT2D eigenvalue weighted by molar-refractivity contribution is -0.0135. The van der Waals surface area contributed by atoms with Gasteiger partial charge in [-0.1, -0.05) is 12.1 Å². The lowest BCUT2D eigenvalue weighted by Crippen LogP contribution is -2.61. The van der Waals surface area contributed by atoms with Crippen LogP contribution in [0.2, 0.25) is 0 Å². The summed E-state index contributed by atoms with van der Waals surface area (Å²) in [5.41, 5.74) is 3.53. The van der Waals surface area contributed by atoms with Crippen molar-refractivity contribution in [1.29, 1.82) is 0 Å². The molecule has 0 heterocycles. The zero-order valence-corrected chi connectivity index (χ0v) is 14.1. The number of hydrogen-bond acceptors (Lipinski definition) is 3. The van der Waals surface area contributed by atoms with Gasteiger partial charge in [-0.2, -0.15) is 5.10 Å². The Bertz CT molecular complexity index is 620. The summed E-state index contributed by atoms with van der Waals surface area (Å²) in [6, 6.07) is 7.39. The number of urea groups is 1. The highest BCUT2D eigenvalue weighted by molar-refractivity contribution is 5.82. The molecule has 4 bridgehead atoms. The number of nitrogens with one attached hydrogen (secondary N) is 2. The second-order valence-corrected chi connectivity index (χ2v) is 7.80. The van der Waals surface area contributed by atoms with E-state index in [0.29, 0.717) is 0 Å². The maximum Gasteiger partial charge on any atom is 0.335 e. The standard InChI is InChI=1S/C19H25N3O2/c1-24-17-4-2-3-13(8-17)12-20-22-18(23)21-19-9-14-5-15(10-19)7-16(6-14)11-19/h2-4,8,12,14-16H,5-7,9-11H2,1H3,(H2,21,22,23). The Hall–Kier alpha value is -2.04. The van der Waals surface area contributed by atoms with E-state index in [1.54, 1.807) is 13.3 Å². The maximum atomic E-state index is 12.3. The molecule has 4 aliphatic rings. The van der Waals surface area contributed by atoms with E-state index in [1.807, 2.05) is 24.3 Å². The van der Waals surface area contributed by atoms with Gasteiger partial charge in [0.1, 0.15) is 5.75 Å². The molecule has 2 amide bonds. The van der Waals surface area contributed by atoms with Crippen molar-refractivity contribution in [2.24, 2.45) is 22.9 Å². The molecule has 0 atom stereocenters. The molecule has 24 heavy (non-hydrogen) atoms. The van der Waals surface area contributed by atoms with Crippen LogP contribution in [0.3, 0.4) is 0 Å². The second kappa shape index (κ2) is 6.11. The molecule has 0 unspecified atom stereocenters. The van der Waals surface area contributed by atoms with E-state index in [4.69, 9.17) is 4.74 Å². The average molecular weight is 327 g/mol. The molecule has 2 N–H and O–H groups in total. The summed E-state index contributed by atoms with van der Waals surface area (Å²) in [6.45, 7) is 0. The number of hydrogen-bond donors (Lipinski definition) is 2. The van der Waals surface area contributed by atoms with Crippen molar-refractivity contribution in [2.45, 2.75) is 44.1 Å². The van der Waals surface area contributed by atoms with Crippen molar-refractivity contribution in [3.8, 4) is 5.75 Å². The Morgan fingerprint density at radius 1 is 1.21 bits per heavy atom. The van der Waals surface area contributed by atoms with Gasteiger partial charge in [-0.15, -0.1) is 0 Å². The molecule has 4 saturated carbocycles. The quantitative estimate of drug-likeness (QED) is 0.658. The molecule has 128 valence electrons. The third kappa shape index (κ3) is 3.12. The Kier molecular flexibility index (Phi) is 3.94. The summed E-state index contributed by atoms with van der Waals surface area (Å²) in [4.78, 5) is 12.3. The van der Waals surface area contributed by atoms with E-state index in [-0.39, 0.29) is 11.6 Å². The number of hydrazone groups is 1. The molecule has 5 rings (SSSR count). The number of nitrogens with zero attached hydrogens (tertiary/aromatic N) is 1. The molecule has 5 nitrogen and oxygen atoms in total. The highest BCUT2D eigenvalue weighted by Crippen LogP contribution is 2.55. The van der Waals surface area contributed by atoms with Gasteiger partial charge in [0.25, 0.3) is 0 Å². The first-order chi connectivity index (χ1) is 11.6. The van der Waals surface area contributed by atoms with E-state index in [1.165, 1.54) is 19.3 Å². The molecule has 0 aromatic heterocycles. The number of rotatable bonds is 4. The molecular weight excluding hydrogens is 302 g/mol. The van der Waals surface area contributed by atoms with Gasteiger partial charge in [0.05, 0.1) is 13.3 Å². The number of ether oxygens (including phenoxy) is 1. The van der Waals surface area contributed by atoms with Gasteiger partial charge in [0.2, 0.25) is 0 Å². The fourth-order valence-electron chi connectivity index (χ4n) is 5.42. The number of carbonyl (C=O) groups excluding carboxylic acids is 1. The molecule has 5 heteroatoms. The van der Waals surface area contributed by atoms with E-state index in [0.717, 1.165) is 48.3 Å². The number of amides is 2. The minimum Gasteiger partial charge on any atom is -0.497 e. The van der Waals surface area contributed by atoms with E-state index < -0.39 is 0 Å². The minimum absolute atomic E-state index is 0.0182. The largest absolute Gasteiger partial charge is 0.497 e. The molecule has 0 saturated heterocycles. The molecular formula is C19H25N3O2. The first-order valence-corrected chi connectivity index (χ1v) is 8.89. The van der Waals surface area contributed by atoms with E-state index in [2.05, 4.69) is 15.8 Å². The molecule has 1 aromatic rings. The summed E-state index contributed by atoms with van der Waals surface area (Å²) < 4.78 is 5.18. The average Bonchev–Trinajstić information content (AvgIpc) is 2.53. The minimum atomic E-state index is -0.184. The summed E-state index contributed by atoms with van der Waals surface area (Å²) >= 11 is 0. The SMILES string of the molecule is COc1cccc(C=NNC(=O)NC23CC4CC(CC(C4)C2)C3)c1. The fourth-order valence-corrected chi connectivity index (χ4v) is 5.42. The molecule has 4 aliphatic carbocycles. The first-order valence-electron chi connectivity index (χ1n) is 8.89. The molecule has 0 aliphatic heterocycles. The van der Waals surface area contributed by atoms with E-state index >= 15 is 0 Å². The van der Waals surface area contributed by atoms with Crippen LogP contribution < -0.4 is 15.5 Å². The van der Waals surface area contributed by atoms with Crippen LogP contribution in [-0.4, -0.2) is 24.9 Å². The van der Waals surface area contributed by atoms with E-state index in [9.17, 15) is 4.79 Å². The Labute approximate surface area is 142 Å². The monoisotopic (exact) mass is 327 g/mol. The van der Waals surface area contributed by atoms with Crippen molar-refractivity contribution < 1.29 is 9.53 Å². The topological polar surface area (TPSA) is 62.7 Å². The van der Waals surface area contributed by atoms with Crippen molar-refractivity contribution in [2.75, 3.05) is 7.11 Å². The fraction of sp³-hybridized carbons (Fsp3) is 0.579. The smallest absolute Gasteiger partial charge is 0.335 e. The molecule has 0 spiro atoms. The lowest BCUT2D eigenvalue weighted by Gasteiger charge is -2.56. The zero-order valence-electron chi connectivity index (χ0n) is 14.1. The van der Waals surface area contributed by atoms with Crippen molar-refractivity contribution in [1.82, 2.24) is 10.7 Å². The van der Waals surface area contributed by atoms with Crippen molar-refractivity contribution in [3.63, 3.8) is 0 Å². The number of methoxy groups -OCH3 is 1. The van der Waals surface area contributed by atoms with Gasteiger partial charge in [-0.3, -0.25) is 0 Å². The van der Waals surface area contributed by atoms with Crippen molar-refractivity contribution >= 4 is 12.2 Å². The Balaban J connectivity index is 1.34. The Morgan fingerprint density at radius 3 is 2.50 bits per heavy atom. The van der Waals surface area contributed by atoms with Gasteiger partial charge >= 0.3 is 6.03 Å². The van der Waals surface area contributed by atoms with Gasteiger partial charge in [-0.25, -0.2) is 10.2 Å². The molecule has 1 aromatic carbocycles. The summed E-state index contributed by atoms with van der Waals surface area (Å²) in [7, 11) is 1.63. The normalized spacial score (nSPS) is 33.6. The van der Waals surface area contributed by atoms with Crippen LogP contribution in [0.15, 0.2) is 29.4 Å². The van der Waals surface area contributed by atoms with Crippen molar-refractivity contribution in [3.05, 3.63) is 29.8 Å². The van der Waals surface area contributed by atoms with Crippen LogP contribution in [0.5, 0.6) is 5.75 Å². The predicted octanol–water partition coefficient (Wildman–Crippen LogP) is 3.30. The first kappa shape index (κ1) is 15.5. The highest BCUT2D eigenvalue weighted by Gasteiger charge is 2.51. The van der Waals surface area contributed by atoms with Gasteiger partial charge in [0.15, 0.2) is 0 Å². The Morgan fingerprint density at radius 2 is 1.88 bits per heavy atom. The van der Waals surface area contributed by atoms with Gasteiger partial charge in [0, 0.05) is 5.54 Å². The second-order valence-electron chi connectivity index (χ2n) is 7.80. The van der Waals surface area contributed by atoms with Crippen LogP contribution in [0.4, 0.5) is 4.79 Å². The van der Waals surface area contributed by atoms with Gasteiger partial charge < -0.3 is 10.1 Å². The van der Waals surface area contributed by atoms with Crippen LogP contribution in [0.1, 0.15) is 44.1 Å². The third-order valence-electron chi connectivity index (χ3n) is 5.89. The molecule has 0 radical (unpaired) electrons. The lowest BCUT2D eigenvalue weighted by atomic mass is 9.53. The number of benzene rings is 1. The predicted molar refractivity (Wildman–Crippen MR) is 93.2 cm³/mol. The van der Waals surface area contributed by atoms with Crippen LogP contribution in [0, 0.1) is 17.8 Å². The van der Waals surface area contributed by atoms with Crippen LogP contribution in [0.25, 0.3) is 0 Å². The van der Waals surface area contributed by atoms with Crippen LogP contribution in [-0.2, 0) is 0 Å². The highest BCUT2D eigenvalue weighted by atomic mass is 16.5. The summed E-state index contributed by atoms with van der Waals surface area (Å²) in [5.74, 6) is 3.22. The number of carbonyl (C=O) groups is 1. The summed E-state index contributed by atoms with van der Waals surface area (Å²) in [6.07, 6.45) is 9.19. The third-order valence-corrected chi connectivity index (χ3v) is 5.89. The summed E-state index contributed by atoms with van der Waals surface area (Å²) in [5, 5.41) is 7.32. The van der Waals surface area contributed by atoms with Crippen LogP contribution >= 0.6 is 0 Å². The van der Waals surface area contributed by atoms with Gasteiger partial charge in [-0.05, 0) is 74.0 Å². The maximum absolute atomic E-state index is 12.3.